The van der Waals surface area contributed by atoms with Gasteiger partial charge in [-0.1, -0.05) is 18.2 Å². The number of aliphatic imine (C=N–C) groups is 1. The van der Waals surface area contributed by atoms with Gasteiger partial charge in [-0.2, -0.15) is 5.26 Å². The lowest BCUT2D eigenvalue weighted by molar-refractivity contribution is 0.272. The van der Waals surface area contributed by atoms with Crippen LogP contribution in [0.5, 0.6) is 0 Å². The van der Waals surface area contributed by atoms with Gasteiger partial charge in [-0.25, -0.2) is 17.5 Å². The topological polar surface area (TPSA) is 91.5 Å². The average molecular weight is 387 g/mol. The number of nitrogens with zero attached hydrogens (tertiary/aromatic N) is 2. The SMILES string of the molecule is COC1=CC=C(F)CC1S(=O)(=O)NC1C=C(c2ccc(C#N)cc2)C=NC1. The number of rotatable bonds is 5. The molecule has 0 aromatic heterocycles. The van der Waals surface area contributed by atoms with E-state index >= 15 is 0 Å². The number of halogens is 1. The van der Waals surface area contributed by atoms with E-state index < -0.39 is 27.1 Å². The molecule has 2 aliphatic rings. The second-order valence-electron chi connectivity index (χ2n) is 6.15. The van der Waals surface area contributed by atoms with Crippen LogP contribution in [0.15, 0.2) is 59.1 Å². The van der Waals surface area contributed by atoms with Gasteiger partial charge in [-0.3, -0.25) is 4.99 Å². The first-order valence-corrected chi connectivity index (χ1v) is 9.81. The van der Waals surface area contributed by atoms with Crippen LogP contribution in [0.3, 0.4) is 0 Å². The monoisotopic (exact) mass is 387 g/mol. The van der Waals surface area contributed by atoms with Gasteiger partial charge in [0.25, 0.3) is 0 Å². The van der Waals surface area contributed by atoms with Crippen LogP contribution >= 0.6 is 0 Å². The third-order valence-corrected chi connectivity index (χ3v) is 6.09. The molecule has 8 heteroatoms. The van der Waals surface area contributed by atoms with Crippen molar-refractivity contribution in [2.45, 2.75) is 17.7 Å². The highest BCUT2D eigenvalue weighted by atomic mass is 32.2. The van der Waals surface area contributed by atoms with Crippen LogP contribution in [-0.4, -0.2) is 39.6 Å². The number of hydrogen-bond acceptors (Lipinski definition) is 5. The lowest BCUT2D eigenvalue weighted by Crippen LogP contribution is -2.43. The summed E-state index contributed by atoms with van der Waals surface area (Å²) < 4.78 is 46.8. The van der Waals surface area contributed by atoms with Crippen molar-refractivity contribution in [1.82, 2.24) is 4.72 Å². The van der Waals surface area contributed by atoms with Gasteiger partial charge in [0.05, 0.1) is 31.3 Å². The van der Waals surface area contributed by atoms with Crippen molar-refractivity contribution in [1.29, 1.82) is 5.26 Å². The van der Waals surface area contributed by atoms with Crippen LogP contribution in [0.2, 0.25) is 0 Å². The van der Waals surface area contributed by atoms with Gasteiger partial charge in [0.15, 0.2) is 0 Å². The molecule has 1 aromatic rings. The molecule has 0 fully saturated rings. The highest BCUT2D eigenvalue weighted by Crippen LogP contribution is 2.26. The zero-order valence-corrected chi connectivity index (χ0v) is 15.4. The van der Waals surface area contributed by atoms with E-state index in [-0.39, 0.29) is 18.7 Å². The van der Waals surface area contributed by atoms with Crippen molar-refractivity contribution in [2.24, 2.45) is 4.99 Å². The molecular weight excluding hydrogens is 369 g/mol. The van der Waals surface area contributed by atoms with Crippen LogP contribution in [0.1, 0.15) is 17.5 Å². The Morgan fingerprint density at radius 3 is 2.70 bits per heavy atom. The molecule has 1 heterocycles. The summed E-state index contributed by atoms with van der Waals surface area (Å²) in [7, 11) is -2.52. The van der Waals surface area contributed by atoms with Crippen molar-refractivity contribution in [3.05, 3.63) is 65.2 Å². The van der Waals surface area contributed by atoms with Gasteiger partial charge in [-0.05, 0) is 35.4 Å². The maximum atomic E-state index is 13.6. The smallest absolute Gasteiger partial charge is 0.222 e. The van der Waals surface area contributed by atoms with Crippen molar-refractivity contribution in [2.75, 3.05) is 13.7 Å². The van der Waals surface area contributed by atoms with Gasteiger partial charge in [0.2, 0.25) is 10.0 Å². The summed E-state index contributed by atoms with van der Waals surface area (Å²) in [6.45, 7) is 0.246. The number of hydrogen-bond donors (Lipinski definition) is 1. The largest absolute Gasteiger partial charge is 0.500 e. The quantitative estimate of drug-likeness (QED) is 0.840. The lowest BCUT2D eigenvalue weighted by Gasteiger charge is -2.25. The minimum absolute atomic E-state index is 0.194. The molecule has 0 bridgehead atoms. The molecule has 0 radical (unpaired) electrons. The molecule has 0 saturated carbocycles. The van der Waals surface area contributed by atoms with Gasteiger partial charge in [0.1, 0.15) is 16.8 Å². The average Bonchev–Trinajstić information content (AvgIpc) is 2.68. The summed E-state index contributed by atoms with van der Waals surface area (Å²) in [5, 5.41) is 7.76. The van der Waals surface area contributed by atoms with Gasteiger partial charge >= 0.3 is 0 Å². The van der Waals surface area contributed by atoms with E-state index in [4.69, 9.17) is 10.00 Å². The summed E-state index contributed by atoms with van der Waals surface area (Å²) in [5.41, 5.74) is 2.11. The van der Waals surface area contributed by atoms with E-state index in [2.05, 4.69) is 9.71 Å². The number of nitriles is 1. The zero-order valence-electron chi connectivity index (χ0n) is 14.6. The number of methoxy groups -OCH3 is 1. The predicted molar refractivity (Wildman–Crippen MR) is 101 cm³/mol. The molecular formula is C19H18FN3O3S. The summed E-state index contributed by atoms with van der Waals surface area (Å²) in [5.74, 6) is -0.318. The van der Waals surface area contributed by atoms with E-state index in [1.165, 1.54) is 19.3 Å². The van der Waals surface area contributed by atoms with Crippen LogP contribution in [0.25, 0.3) is 5.57 Å². The molecule has 2 unspecified atom stereocenters. The number of nitrogens with one attached hydrogen (secondary N) is 1. The first kappa shape index (κ1) is 19.0. The maximum Gasteiger partial charge on any atom is 0.222 e. The molecule has 1 N–H and O–H groups in total. The van der Waals surface area contributed by atoms with E-state index in [1.54, 1.807) is 36.6 Å². The molecule has 3 rings (SSSR count). The van der Waals surface area contributed by atoms with Crippen molar-refractivity contribution < 1.29 is 17.5 Å². The van der Waals surface area contributed by atoms with Crippen LogP contribution in [0.4, 0.5) is 4.39 Å². The molecule has 2 atom stereocenters. The predicted octanol–water partition coefficient (Wildman–Crippen LogP) is 2.47. The lowest BCUT2D eigenvalue weighted by atomic mass is 10.0. The standard InChI is InChI=1S/C19H18FN3O3S/c1-26-18-7-6-16(20)9-19(18)27(24,25)23-17-8-15(11-22-12-17)14-4-2-13(10-21)3-5-14/h2-8,11,17,19,23H,9,12H2,1H3. The fourth-order valence-electron chi connectivity index (χ4n) is 2.94. The van der Waals surface area contributed by atoms with Gasteiger partial charge in [-0.15, -0.1) is 0 Å². The summed E-state index contributed by atoms with van der Waals surface area (Å²) in [6.07, 6.45) is 5.70. The molecule has 1 aliphatic carbocycles. The van der Waals surface area contributed by atoms with E-state index in [1.807, 2.05) is 6.07 Å². The van der Waals surface area contributed by atoms with Crippen molar-refractivity contribution >= 4 is 21.8 Å². The Labute approximate surface area is 157 Å². The molecule has 0 spiro atoms. The first-order chi connectivity index (χ1) is 12.9. The Kier molecular flexibility index (Phi) is 5.54. The van der Waals surface area contributed by atoms with E-state index in [0.717, 1.165) is 11.1 Å². The second-order valence-corrected chi connectivity index (χ2v) is 8.05. The normalized spacial score (nSPS) is 22.3. The van der Waals surface area contributed by atoms with Crippen LogP contribution < -0.4 is 4.72 Å². The molecule has 140 valence electrons. The third-order valence-electron chi connectivity index (χ3n) is 4.31. The Bertz CT molecular complexity index is 986. The third kappa shape index (κ3) is 4.32. The minimum Gasteiger partial charge on any atom is -0.500 e. The molecule has 6 nitrogen and oxygen atoms in total. The fraction of sp³-hybridized carbons (Fsp3) is 0.263. The number of benzene rings is 1. The van der Waals surface area contributed by atoms with Gasteiger partial charge < -0.3 is 4.74 Å². The first-order valence-electron chi connectivity index (χ1n) is 8.26. The second kappa shape index (κ2) is 7.86. The summed E-state index contributed by atoms with van der Waals surface area (Å²) in [6, 6.07) is 8.42. The van der Waals surface area contributed by atoms with Gasteiger partial charge in [0, 0.05) is 12.6 Å². The van der Waals surface area contributed by atoms with Crippen molar-refractivity contribution in [3.63, 3.8) is 0 Å². The number of ether oxygens (including phenoxy) is 1. The highest BCUT2D eigenvalue weighted by Gasteiger charge is 2.34. The molecule has 0 saturated heterocycles. The Morgan fingerprint density at radius 1 is 1.30 bits per heavy atom. The number of dihydropyridines is 1. The summed E-state index contributed by atoms with van der Waals surface area (Å²) >= 11 is 0. The van der Waals surface area contributed by atoms with Crippen LogP contribution in [0, 0.1) is 11.3 Å². The van der Waals surface area contributed by atoms with Crippen LogP contribution in [-0.2, 0) is 14.8 Å². The maximum absolute atomic E-state index is 13.6. The number of allylic oxidation sites excluding steroid dienone is 4. The minimum atomic E-state index is -3.88. The Hall–Kier alpha value is -2.76. The Morgan fingerprint density at radius 2 is 2.04 bits per heavy atom. The molecule has 1 aromatic carbocycles. The molecule has 0 amide bonds. The number of sulfonamides is 1. The van der Waals surface area contributed by atoms with Crippen molar-refractivity contribution in [3.8, 4) is 6.07 Å². The molecule has 27 heavy (non-hydrogen) atoms. The zero-order chi connectivity index (χ0) is 19.4. The fourth-order valence-corrected chi connectivity index (χ4v) is 4.53. The highest BCUT2D eigenvalue weighted by molar-refractivity contribution is 7.90. The van der Waals surface area contributed by atoms with E-state index in [0.29, 0.717) is 5.56 Å². The summed E-state index contributed by atoms with van der Waals surface area (Å²) in [4.78, 5) is 4.23. The molecule has 1 aliphatic heterocycles. The Balaban J connectivity index is 1.79. The van der Waals surface area contributed by atoms with E-state index in [9.17, 15) is 12.8 Å².